The van der Waals surface area contributed by atoms with E-state index in [1.54, 1.807) is 0 Å². The Hall–Kier alpha value is -1.66. The largest absolute Gasteiger partial charge is 0.375 e. The van der Waals surface area contributed by atoms with Crippen molar-refractivity contribution in [3.63, 3.8) is 0 Å². The lowest BCUT2D eigenvalue weighted by atomic mass is 10.3. The summed E-state index contributed by atoms with van der Waals surface area (Å²) < 4.78 is 12.0. The van der Waals surface area contributed by atoms with Crippen LogP contribution in [0.25, 0.3) is 0 Å². The van der Waals surface area contributed by atoms with Gasteiger partial charge in [0.1, 0.15) is 31.3 Å². The van der Waals surface area contributed by atoms with Crippen molar-refractivity contribution in [1.82, 2.24) is 19.4 Å². The van der Waals surface area contributed by atoms with Crippen LogP contribution in [0, 0.1) is 0 Å². The van der Waals surface area contributed by atoms with Crippen molar-refractivity contribution >= 4 is 0 Å². The van der Waals surface area contributed by atoms with Crippen molar-refractivity contribution < 1.29 is 9.30 Å². The number of nitrogens with zero attached hydrogens (tertiary/aromatic N) is 4. The number of hydrogen-bond acceptors (Lipinski definition) is 3. The Kier molecular flexibility index (Phi) is 6.15. The molecule has 0 saturated carbocycles. The Morgan fingerprint density at radius 1 is 1.32 bits per heavy atom. The van der Waals surface area contributed by atoms with E-state index in [-0.39, 0.29) is 6.10 Å². The molecule has 0 fully saturated rings. The first-order valence-electron chi connectivity index (χ1n) is 7.90. The van der Waals surface area contributed by atoms with Gasteiger partial charge in [-0.2, -0.15) is 0 Å². The molecule has 122 valence electrons. The number of ether oxygens (including phenoxy) is 1. The molecular weight excluding hydrogens is 278 g/mol. The van der Waals surface area contributed by atoms with Gasteiger partial charge in [0.15, 0.2) is 0 Å². The zero-order chi connectivity index (χ0) is 15.9. The first-order chi connectivity index (χ1) is 10.5. The Bertz CT molecular complexity index is 560. The molecule has 2 rings (SSSR count). The fourth-order valence-corrected chi connectivity index (χ4v) is 2.29. The highest BCUT2D eigenvalue weighted by molar-refractivity contribution is 4.90. The molecular formula is C16H28N5O+. The van der Waals surface area contributed by atoms with Crippen LogP contribution in [0.3, 0.4) is 0 Å². The van der Waals surface area contributed by atoms with E-state index in [2.05, 4.69) is 58.9 Å². The molecule has 2 aromatic rings. The van der Waals surface area contributed by atoms with Crippen LogP contribution in [0.15, 0.2) is 31.1 Å². The molecule has 0 aliphatic rings. The summed E-state index contributed by atoms with van der Waals surface area (Å²) in [6, 6.07) is 0.379. The van der Waals surface area contributed by atoms with Crippen molar-refractivity contribution in [2.75, 3.05) is 6.61 Å². The maximum absolute atomic E-state index is 5.58. The van der Waals surface area contributed by atoms with Crippen molar-refractivity contribution in [3.05, 3.63) is 36.9 Å². The number of hydrogen-bond donors (Lipinski definition) is 1. The molecule has 6 nitrogen and oxygen atoms in total. The molecule has 1 unspecified atom stereocenters. The van der Waals surface area contributed by atoms with Crippen LogP contribution < -0.4 is 9.88 Å². The van der Waals surface area contributed by atoms with Crippen LogP contribution in [0.5, 0.6) is 0 Å². The molecule has 0 saturated heterocycles. The third-order valence-electron chi connectivity index (χ3n) is 3.56. The van der Waals surface area contributed by atoms with E-state index in [1.807, 2.05) is 24.0 Å². The minimum Gasteiger partial charge on any atom is -0.375 e. The molecule has 22 heavy (non-hydrogen) atoms. The van der Waals surface area contributed by atoms with Crippen molar-refractivity contribution in [1.29, 1.82) is 0 Å². The minimum atomic E-state index is 0.290. The Morgan fingerprint density at radius 3 is 2.82 bits per heavy atom. The molecule has 0 bridgehead atoms. The molecule has 0 radical (unpaired) electrons. The van der Waals surface area contributed by atoms with Crippen LogP contribution >= 0.6 is 0 Å². The summed E-state index contributed by atoms with van der Waals surface area (Å²) in [4.78, 5) is 4.32. The summed E-state index contributed by atoms with van der Waals surface area (Å²) in [7, 11) is 2.02. The van der Waals surface area contributed by atoms with Crippen molar-refractivity contribution in [2.45, 2.75) is 52.6 Å². The van der Waals surface area contributed by atoms with Gasteiger partial charge in [-0.1, -0.05) is 0 Å². The minimum absolute atomic E-state index is 0.290. The molecule has 1 N–H and O–H groups in total. The van der Waals surface area contributed by atoms with Gasteiger partial charge in [-0.3, -0.25) is 0 Å². The molecule has 6 heteroatoms. The molecule has 2 heterocycles. The predicted molar refractivity (Wildman–Crippen MR) is 85.2 cm³/mol. The molecule has 1 atom stereocenters. The van der Waals surface area contributed by atoms with Crippen molar-refractivity contribution in [2.24, 2.45) is 7.05 Å². The molecule has 0 amide bonds. The van der Waals surface area contributed by atoms with Crippen LogP contribution in [0.4, 0.5) is 0 Å². The fourth-order valence-electron chi connectivity index (χ4n) is 2.29. The topological polar surface area (TPSA) is 47.9 Å². The third-order valence-corrected chi connectivity index (χ3v) is 3.56. The van der Waals surface area contributed by atoms with Gasteiger partial charge in [-0.15, -0.1) is 0 Å². The summed E-state index contributed by atoms with van der Waals surface area (Å²) in [5.41, 5.74) is 0. The van der Waals surface area contributed by atoms with E-state index < -0.39 is 0 Å². The van der Waals surface area contributed by atoms with Gasteiger partial charge in [0.2, 0.25) is 6.33 Å². The van der Waals surface area contributed by atoms with E-state index >= 15 is 0 Å². The summed E-state index contributed by atoms with van der Waals surface area (Å²) in [6.07, 6.45) is 10.4. The quantitative estimate of drug-likeness (QED) is 0.706. The Labute approximate surface area is 132 Å². The van der Waals surface area contributed by atoms with Crippen LogP contribution in [0.2, 0.25) is 0 Å². The van der Waals surface area contributed by atoms with Crippen molar-refractivity contribution in [3.8, 4) is 0 Å². The van der Waals surface area contributed by atoms with Gasteiger partial charge in [-0.25, -0.2) is 14.1 Å². The normalized spacial score (nSPS) is 13.0. The van der Waals surface area contributed by atoms with E-state index in [1.165, 1.54) is 0 Å². The third kappa shape index (κ3) is 5.27. The maximum Gasteiger partial charge on any atom is 0.243 e. The van der Waals surface area contributed by atoms with Gasteiger partial charge in [0.25, 0.3) is 0 Å². The standard InChI is InChI=1S/C16H28N5O/c1-14(2)22-10-9-20-7-8-21(13-20)12-15(3)18-11-16-17-5-6-19(16)4/h5-8,13-15,18H,9-12H2,1-4H3/q+1. The summed E-state index contributed by atoms with van der Waals surface area (Å²) in [6.45, 7) is 9.67. The number of aryl methyl sites for hydroxylation is 1. The second kappa shape index (κ2) is 8.10. The van der Waals surface area contributed by atoms with E-state index in [9.17, 15) is 0 Å². The van der Waals surface area contributed by atoms with Gasteiger partial charge < -0.3 is 14.6 Å². The van der Waals surface area contributed by atoms with E-state index in [0.717, 1.165) is 32.1 Å². The smallest absolute Gasteiger partial charge is 0.243 e. The average molecular weight is 306 g/mol. The highest BCUT2D eigenvalue weighted by Crippen LogP contribution is 1.95. The number of imidazole rings is 2. The van der Waals surface area contributed by atoms with Crippen LogP contribution in [-0.2, 0) is 31.4 Å². The number of nitrogens with one attached hydrogen (secondary N) is 1. The molecule has 0 aliphatic heterocycles. The molecule has 0 aromatic carbocycles. The Balaban J connectivity index is 1.73. The van der Waals surface area contributed by atoms with E-state index in [0.29, 0.717) is 6.04 Å². The number of aromatic nitrogens is 4. The zero-order valence-electron chi connectivity index (χ0n) is 14.1. The highest BCUT2D eigenvalue weighted by Gasteiger charge is 2.10. The lowest BCUT2D eigenvalue weighted by Crippen LogP contribution is -2.43. The summed E-state index contributed by atoms with van der Waals surface area (Å²) in [5, 5.41) is 3.50. The zero-order valence-corrected chi connectivity index (χ0v) is 14.1. The first-order valence-corrected chi connectivity index (χ1v) is 7.90. The molecule has 2 aromatic heterocycles. The monoisotopic (exact) mass is 306 g/mol. The van der Waals surface area contributed by atoms with Gasteiger partial charge in [0.05, 0.1) is 19.3 Å². The first kappa shape index (κ1) is 16.7. The lowest BCUT2D eigenvalue weighted by Gasteiger charge is -2.11. The van der Waals surface area contributed by atoms with Gasteiger partial charge in [-0.05, 0) is 20.8 Å². The fraction of sp³-hybridized carbons (Fsp3) is 0.625. The maximum atomic E-state index is 5.58. The highest BCUT2D eigenvalue weighted by atomic mass is 16.5. The molecule has 0 spiro atoms. The lowest BCUT2D eigenvalue weighted by molar-refractivity contribution is -0.698. The molecule has 0 aliphatic carbocycles. The second-order valence-electron chi connectivity index (χ2n) is 6.00. The summed E-state index contributed by atoms with van der Waals surface area (Å²) in [5.74, 6) is 1.06. The predicted octanol–water partition coefficient (Wildman–Crippen LogP) is 1.11. The van der Waals surface area contributed by atoms with Gasteiger partial charge in [0, 0.05) is 25.5 Å². The average Bonchev–Trinajstić information content (AvgIpc) is 3.05. The summed E-state index contributed by atoms with van der Waals surface area (Å²) >= 11 is 0. The number of rotatable bonds is 9. The second-order valence-corrected chi connectivity index (χ2v) is 6.00. The Morgan fingerprint density at radius 2 is 2.14 bits per heavy atom. The van der Waals surface area contributed by atoms with Gasteiger partial charge >= 0.3 is 0 Å². The van der Waals surface area contributed by atoms with E-state index in [4.69, 9.17) is 4.74 Å². The SMILES string of the molecule is CC(C[n+]1ccn(CCOC(C)C)c1)NCc1nccn1C. The van der Waals surface area contributed by atoms with Crippen LogP contribution in [-0.4, -0.2) is 32.9 Å². The van der Waals surface area contributed by atoms with Crippen LogP contribution in [0.1, 0.15) is 26.6 Å².